The minimum absolute atomic E-state index is 0.0444. The number of hydrogen-bond acceptors (Lipinski definition) is 4. The number of phenols is 1. The molecule has 1 aromatic rings. The van der Waals surface area contributed by atoms with Gasteiger partial charge in [-0.1, -0.05) is 12.1 Å². The average molecular weight is 217 g/mol. The van der Waals surface area contributed by atoms with Crippen LogP contribution in [-0.2, 0) is 4.79 Å². The summed E-state index contributed by atoms with van der Waals surface area (Å²) in [5, 5.41) is 17.6. The number of benzene rings is 1. The number of methoxy groups -OCH3 is 1. The Morgan fingerprint density at radius 2 is 2.38 bits per heavy atom. The van der Waals surface area contributed by atoms with E-state index in [1.807, 2.05) is 0 Å². The zero-order valence-electron chi connectivity index (χ0n) is 8.80. The number of nitriles is 1. The molecule has 0 saturated heterocycles. The van der Waals surface area contributed by atoms with Crippen LogP contribution in [0.4, 0.5) is 0 Å². The van der Waals surface area contributed by atoms with E-state index in [4.69, 9.17) is 10.00 Å². The summed E-state index contributed by atoms with van der Waals surface area (Å²) in [6, 6.07) is 6.50. The van der Waals surface area contributed by atoms with Gasteiger partial charge in [0.2, 0.25) is 0 Å². The number of phenolic OH excluding ortho intramolecular Hbond substituents is 1. The Bertz CT molecular complexity index is 458. The highest BCUT2D eigenvalue weighted by Crippen LogP contribution is 2.26. The summed E-state index contributed by atoms with van der Waals surface area (Å²) in [4.78, 5) is 11.0. The quantitative estimate of drug-likeness (QED) is 0.782. The molecule has 16 heavy (non-hydrogen) atoms. The first kappa shape index (κ1) is 11.8. The molecule has 82 valence electrons. The zero-order valence-corrected chi connectivity index (χ0v) is 8.80. The number of nitrogens with zero attached hydrogens (tertiary/aromatic N) is 1. The van der Waals surface area contributed by atoms with E-state index in [2.05, 4.69) is 0 Å². The first-order valence-electron chi connectivity index (χ1n) is 4.62. The summed E-state index contributed by atoms with van der Waals surface area (Å²) in [7, 11) is 1.45. The van der Waals surface area contributed by atoms with Crippen molar-refractivity contribution in [2.45, 2.75) is 6.42 Å². The summed E-state index contributed by atoms with van der Waals surface area (Å²) >= 11 is 0. The Balaban J connectivity index is 2.83. The number of aromatic hydroxyl groups is 1. The second-order valence-corrected chi connectivity index (χ2v) is 3.07. The van der Waals surface area contributed by atoms with Crippen molar-refractivity contribution in [2.75, 3.05) is 7.11 Å². The van der Waals surface area contributed by atoms with Crippen molar-refractivity contribution >= 4 is 11.9 Å². The molecule has 0 aromatic heterocycles. The normalized spacial score (nSPS) is 10.0. The van der Waals surface area contributed by atoms with E-state index in [0.29, 0.717) is 5.75 Å². The second kappa shape index (κ2) is 5.56. The lowest BCUT2D eigenvalue weighted by Crippen LogP contribution is -1.89. The monoisotopic (exact) mass is 217 g/mol. The molecule has 0 spiro atoms. The molecule has 1 rings (SSSR count). The van der Waals surface area contributed by atoms with Gasteiger partial charge >= 0.3 is 0 Å². The first-order valence-corrected chi connectivity index (χ1v) is 4.62. The molecule has 0 aliphatic rings. The minimum atomic E-state index is -0.255. The van der Waals surface area contributed by atoms with Gasteiger partial charge in [-0.3, -0.25) is 4.79 Å². The number of ketones is 1. The van der Waals surface area contributed by atoms with Gasteiger partial charge in [-0.25, -0.2) is 0 Å². The molecular formula is C12H11NO3. The molecule has 1 aromatic carbocycles. The van der Waals surface area contributed by atoms with Gasteiger partial charge < -0.3 is 9.84 Å². The topological polar surface area (TPSA) is 70.3 Å². The van der Waals surface area contributed by atoms with Crippen LogP contribution in [0.1, 0.15) is 12.0 Å². The van der Waals surface area contributed by atoms with E-state index >= 15 is 0 Å². The van der Waals surface area contributed by atoms with E-state index in [1.165, 1.54) is 19.3 Å². The number of allylic oxidation sites excluding steroid dienone is 1. The summed E-state index contributed by atoms with van der Waals surface area (Å²) < 4.78 is 4.92. The fraction of sp³-hybridized carbons (Fsp3) is 0.167. The van der Waals surface area contributed by atoms with Crippen molar-refractivity contribution in [1.29, 1.82) is 5.26 Å². The van der Waals surface area contributed by atoms with E-state index in [1.54, 1.807) is 24.3 Å². The van der Waals surface area contributed by atoms with Crippen molar-refractivity contribution in [3.63, 3.8) is 0 Å². The maximum absolute atomic E-state index is 11.0. The maximum Gasteiger partial charge on any atom is 0.169 e. The van der Waals surface area contributed by atoms with E-state index in [-0.39, 0.29) is 18.0 Å². The van der Waals surface area contributed by atoms with Gasteiger partial charge in [-0.2, -0.15) is 5.26 Å². The van der Waals surface area contributed by atoms with E-state index in [9.17, 15) is 9.90 Å². The Morgan fingerprint density at radius 1 is 1.62 bits per heavy atom. The first-order chi connectivity index (χ1) is 7.67. The van der Waals surface area contributed by atoms with Gasteiger partial charge in [0.15, 0.2) is 17.3 Å². The second-order valence-electron chi connectivity index (χ2n) is 3.07. The third-order valence-electron chi connectivity index (χ3n) is 1.92. The van der Waals surface area contributed by atoms with Crippen LogP contribution in [0.25, 0.3) is 6.08 Å². The molecule has 0 atom stereocenters. The maximum atomic E-state index is 11.0. The lowest BCUT2D eigenvalue weighted by molar-refractivity contribution is -0.113. The van der Waals surface area contributed by atoms with Crippen LogP contribution >= 0.6 is 0 Å². The van der Waals surface area contributed by atoms with Gasteiger partial charge in [-0.05, 0) is 23.8 Å². The average Bonchev–Trinajstić information content (AvgIpc) is 2.28. The largest absolute Gasteiger partial charge is 0.504 e. The Labute approximate surface area is 93.4 Å². The van der Waals surface area contributed by atoms with E-state index < -0.39 is 0 Å². The zero-order chi connectivity index (χ0) is 12.0. The SMILES string of the molecule is COc1cc(C=CC(=O)CC#N)ccc1O. The third-order valence-corrected chi connectivity index (χ3v) is 1.92. The summed E-state index contributed by atoms with van der Waals surface area (Å²) in [5.41, 5.74) is 0.723. The molecule has 0 amide bonds. The minimum Gasteiger partial charge on any atom is -0.504 e. The highest BCUT2D eigenvalue weighted by atomic mass is 16.5. The predicted molar refractivity (Wildman–Crippen MR) is 58.9 cm³/mol. The molecule has 0 aliphatic heterocycles. The fourth-order valence-electron chi connectivity index (χ4n) is 1.12. The van der Waals surface area contributed by atoms with Crippen LogP contribution in [0, 0.1) is 11.3 Å². The van der Waals surface area contributed by atoms with Crippen LogP contribution in [0.3, 0.4) is 0 Å². The molecular weight excluding hydrogens is 206 g/mol. The van der Waals surface area contributed by atoms with Gasteiger partial charge in [0.25, 0.3) is 0 Å². The van der Waals surface area contributed by atoms with Gasteiger partial charge in [-0.15, -0.1) is 0 Å². The van der Waals surface area contributed by atoms with Crippen LogP contribution in [0.5, 0.6) is 11.5 Å². The van der Waals surface area contributed by atoms with Crippen molar-refractivity contribution in [1.82, 2.24) is 0 Å². The number of hydrogen-bond donors (Lipinski definition) is 1. The summed E-state index contributed by atoms with van der Waals surface area (Å²) in [6.07, 6.45) is 2.77. The van der Waals surface area contributed by atoms with E-state index in [0.717, 1.165) is 5.56 Å². The lowest BCUT2D eigenvalue weighted by Gasteiger charge is -2.03. The molecule has 0 saturated carbocycles. The number of carbonyl (C=O) groups excluding carboxylic acids is 1. The van der Waals surface area contributed by atoms with Gasteiger partial charge in [0, 0.05) is 0 Å². The number of rotatable bonds is 4. The molecule has 0 fully saturated rings. The summed E-state index contributed by atoms with van der Waals surface area (Å²) in [6.45, 7) is 0. The van der Waals surface area contributed by atoms with Crippen LogP contribution < -0.4 is 4.74 Å². The highest BCUT2D eigenvalue weighted by Gasteiger charge is 2.01. The third kappa shape index (κ3) is 3.14. The molecule has 4 nitrogen and oxygen atoms in total. The van der Waals surface area contributed by atoms with Gasteiger partial charge in [0.1, 0.15) is 0 Å². The molecule has 4 heteroatoms. The standard InChI is InChI=1S/C12H11NO3/c1-16-12-8-9(3-5-11(12)15)2-4-10(14)6-7-13/h2-5,8,15H,6H2,1H3. The molecule has 0 heterocycles. The summed E-state index contributed by atoms with van der Waals surface area (Å²) in [5.74, 6) is 0.132. The number of carbonyl (C=O) groups is 1. The predicted octanol–water partition coefficient (Wildman–Crippen LogP) is 1.90. The Kier molecular flexibility index (Phi) is 4.10. The lowest BCUT2D eigenvalue weighted by atomic mass is 10.1. The molecule has 0 unspecified atom stereocenters. The number of ether oxygens (including phenoxy) is 1. The van der Waals surface area contributed by atoms with Crippen LogP contribution in [0.2, 0.25) is 0 Å². The Morgan fingerprint density at radius 3 is 3.00 bits per heavy atom. The smallest absolute Gasteiger partial charge is 0.169 e. The van der Waals surface area contributed by atoms with Crippen molar-refractivity contribution < 1.29 is 14.6 Å². The van der Waals surface area contributed by atoms with Crippen LogP contribution in [-0.4, -0.2) is 18.0 Å². The molecule has 1 N–H and O–H groups in total. The van der Waals surface area contributed by atoms with Crippen molar-refractivity contribution in [3.05, 3.63) is 29.8 Å². The highest BCUT2D eigenvalue weighted by molar-refractivity contribution is 5.94. The molecule has 0 aliphatic carbocycles. The fourth-order valence-corrected chi connectivity index (χ4v) is 1.12. The van der Waals surface area contributed by atoms with Gasteiger partial charge in [0.05, 0.1) is 19.6 Å². The molecule has 0 radical (unpaired) electrons. The molecule has 0 bridgehead atoms. The van der Waals surface area contributed by atoms with Crippen LogP contribution in [0.15, 0.2) is 24.3 Å². The van der Waals surface area contributed by atoms with Crippen molar-refractivity contribution in [3.8, 4) is 17.6 Å². The Hall–Kier alpha value is -2.28. The van der Waals surface area contributed by atoms with Crippen molar-refractivity contribution in [2.24, 2.45) is 0 Å².